The Morgan fingerprint density at radius 3 is 2.06 bits per heavy atom. The molecule has 0 amide bonds. The minimum atomic E-state index is 0.426. The van der Waals surface area contributed by atoms with E-state index in [0.29, 0.717) is 12.1 Å². The van der Waals surface area contributed by atoms with Crippen LogP contribution in [0.1, 0.15) is 42.4 Å². The van der Waals surface area contributed by atoms with Gasteiger partial charge in [-0.3, -0.25) is 0 Å². The van der Waals surface area contributed by atoms with Crippen LogP contribution in [0.3, 0.4) is 0 Å². The Hall–Kier alpha value is -1.02. The Morgan fingerprint density at radius 1 is 1.00 bits per heavy atom. The number of anilines is 1. The normalized spacial score (nSPS) is 24.7. The van der Waals surface area contributed by atoms with Crippen molar-refractivity contribution in [1.82, 2.24) is 0 Å². The Kier molecular flexibility index (Phi) is 3.72. The molecule has 0 spiro atoms. The third-order valence-electron chi connectivity index (χ3n) is 4.07. The molecule has 1 fully saturated rings. The lowest BCUT2D eigenvalue weighted by Gasteiger charge is -2.28. The summed E-state index contributed by atoms with van der Waals surface area (Å²) >= 11 is 0. The van der Waals surface area contributed by atoms with E-state index in [1.807, 2.05) is 0 Å². The number of rotatable bonds is 2. The zero-order valence-corrected chi connectivity index (χ0v) is 11.2. The fraction of sp³-hybridized carbons (Fsp3) is 0.600. The summed E-state index contributed by atoms with van der Waals surface area (Å²) in [5, 5.41) is 3.65. The molecule has 0 aliphatic heterocycles. The van der Waals surface area contributed by atoms with Gasteiger partial charge in [0.1, 0.15) is 0 Å². The zero-order chi connectivity index (χ0) is 12.4. The van der Waals surface area contributed by atoms with E-state index in [-0.39, 0.29) is 0 Å². The summed E-state index contributed by atoms with van der Waals surface area (Å²) < 4.78 is 0. The third-order valence-corrected chi connectivity index (χ3v) is 4.07. The molecule has 17 heavy (non-hydrogen) atoms. The molecule has 1 aromatic rings. The van der Waals surface area contributed by atoms with Crippen molar-refractivity contribution in [3.8, 4) is 0 Å². The summed E-state index contributed by atoms with van der Waals surface area (Å²) in [5.41, 5.74) is 11.4. The van der Waals surface area contributed by atoms with Crippen LogP contribution in [0.4, 0.5) is 5.69 Å². The molecule has 1 aliphatic rings. The van der Waals surface area contributed by atoms with Crippen molar-refractivity contribution in [2.45, 2.75) is 58.5 Å². The second kappa shape index (κ2) is 5.09. The first-order valence-electron chi connectivity index (χ1n) is 6.66. The molecular weight excluding hydrogens is 208 g/mol. The van der Waals surface area contributed by atoms with Gasteiger partial charge >= 0.3 is 0 Å². The third kappa shape index (κ3) is 3.01. The highest BCUT2D eigenvalue weighted by Gasteiger charge is 2.18. The maximum atomic E-state index is 5.93. The monoisotopic (exact) mass is 232 g/mol. The van der Waals surface area contributed by atoms with E-state index in [1.165, 1.54) is 35.2 Å². The standard InChI is InChI=1S/C15H24N2/c1-10-8-15(9-11(2)12(10)3)17-14-6-4-13(16)5-7-14/h8-9,13-14,17H,4-7,16H2,1-3H3. The molecule has 0 heterocycles. The first-order chi connectivity index (χ1) is 8.06. The highest BCUT2D eigenvalue weighted by atomic mass is 14.9. The van der Waals surface area contributed by atoms with Crippen LogP contribution in [-0.4, -0.2) is 12.1 Å². The first kappa shape index (κ1) is 12.4. The fourth-order valence-corrected chi connectivity index (χ4v) is 2.62. The van der Waals surface area contributed by atoms with Crippen LogP contribution in [0.5, 0.6) is 0 Å². The van der Waals surface area contributed by atoms with Gasteiger partial charge in [-0.15, -0.1) is 0 Å². The molecule has 1 aliphatic carbocycles. The van der Waals surface area contributed by atoms with Crippen molar-refractivity contribution >= 4 is 5.69 Å². The molecule has 0 saturated heterocycles. The minimum Gasteiger partial charge on any atom is -0.382 e. The largest absolute Gasteiger partial charge is 0.382 e. The molecule has 0 aromatic heterocycles. The van der Waals surface area contributed by atoms with E-state index in [0.717, 1.165) is 12.8 Å². The quantitative estimate of drug-likeness (QED) is 0.821. The van der Waals surface area contributed by atoms with E-state index in [1.54, 1.807) is 0 Å². The molecular formula is C15H24N2. The molecule has 0 radical (unpaired) electrons. The predicted octanol–water partition coefficient (Wildman–Crippen LogP) is 3.29. The van der Waals surface area contributed by atoms with Crippen molar-refractivity contribution in [3.63, 3.8) is 0 Å². The molecule has 0 bridgehead atoms. The van der Waals surface area contributed by atoms with Crippen LogP contribution in [0.2, 0.25) is 0 Å². The van der Waals surface area contributed by atoms with Gasteiger partial charge in [0.2, 0.25) is 0 Å². The smallest absolute Gasteiger partial charge is 0.0347 e. The summed E-state index contributed by atoms with van der Waals surface area (Å²) in [6.45, 7) is 6.56. The summed E-state index contributed by atoms with van der Waals surface area (Å²) in [4.78, 5) is 0. The fourth-order valence-electron chi connectivity index (χ4n) is 2.62. The predicted molar refractivity (Wildman–Crippen MR) is 74.5 cm³/mol. The summed E-state index contributed by atoms with van der Waals surface area (Å²) in [6, 6.07) is 5.55. The maximum Gasteiger partial charge on any atom is 0.0347 e. The molecule has 1 aromatic carbocycles. The Balaban J connectivity index is 2.04. The van der Waals surface area contributed by atoms with Crippen LogP contribution in [-0.2, 0) is 0 Å². The topological polar surface area (TPSA) is 38.0 Å². The second-order valence-corrected chi connectivity index (χ2v) is 5.49. The number of hydrogen-bond donors (Lipinski definition) is 2. The van der Waals surface area contributed by atoms with E-state index >= 15 is 0 Å². The minimum absolute atomic E-state index is 0.426. The summed E-state index contributed by atoms with van der Waals surface area (Å²) in [6.07, 6.45) is 4.71. The number of nitrogens with two attached hydrogens (primary N) is 1. The first-order valence-corrected chi connectivity index (χ1v) is 6.66. The van der Waals surface area contributed by atoms with Crippen molar-refractivity contribution < 1.29 is 0 Å². The highest BCUT2D eigenvalue weighted by molar-refractivity contribution is 5.52. The molecule has 3 N–H and O–H groups in total. The van der Waals surface area contributed by atoms with Gasteiger partial charge in [0.25, 0.3) is 0 Å². The molecule has 2 heteroatoms. The summed E-state index contributed by atoms with van der Waals surface area (Å²) in [7, 11) is 0. The number of benzene rings is 1. The maximum absolute atomic E-state index is 5.93. The average Bonchev–Trinajstić information content (AvgIpc) is 2.29. The van der Waals surface area contributed by atoms with Crippen LogP contribution < -0.4 is 11.1 Å². The molecule has 2 rings (SSSR count). The SMILES string of the molecule is Cc1cc(NC2CCC(N)CC2)cc(C)c1C. The molecule has 0 unspecified atom stereocenters. The van der Waals surface area contributed by atoms with E-state index < -0.39 is 0 Å². The number of nitrogens with one attached hydrogen (secondary N) is 1. The zero-order valence-electron chi connectivity index (χ0n) is 11.2. The number of aryl methyl sites for hydroxylation is 2. The van der Waals surface area contributed by atoms with Gasteiger partial charge in [-0.25, -0.2) is 0 Å². The summed E-state index contributed by atoms with van der Waals surface area (Å²) in [5.74, 6) is 0. The van der Waals surface area contributed by atoms with Gasteiger partial charge in [-0.1, -0.05) is 0 Å². The van der Waals surface area contributed by atoms with Gasteiger partial charge in [0, 0.05) is 17.8 Å². The second-order valence-electron chi connectivity index (χ2n) is 5.49. The van der Waals surface area contributed by atoms with Crippen LogP contribution >= 0.6 is 0 Å². The molecule has 0 atom stereocenters. The highest BCUT2D eigenvalue weighted by Crippen LogP contribution is 2.24. The number of hydrogen-bond acceptors (Lipinski definition) is 2. The van der Waals surface area contributed by atoms with Crippen molar-refractivity contribution in [3.05, 3.63) is 28.8 Å². The lowest BCUT2D eigenvalue weighted by atomic mass is 9.91. The van der Waals surface area contributed by atoms with Crippen LogP contribution in [0.25, 0.3) is 0 Å². The van der Waals surface area contributed by atoms with Gasteiger partial charge in [-0.05, 0) is 75.3 Å². The van der Waals surface area contributed by atoms with Gasteiger partial charge < -0.3 is 11.1 Å². The van der Waals surface area contributed by atoms with E-state index in [2.05, 4.69) is 38.2 Å². The molecule has 2 nitrogen and oxygen atoms in total. The lowest BCUT2D eigenvalue weighted by Crippen LogP contribution is -2.32. The molecule has 1 saturated carbocycles. The van der Waals surface area contributed by atoms with Gasteiger partial charge in [0.15, 0.2) is 0 Å². The van der Waals surface area contributed by atoms with Crippen molar-refractivity contribution in [2.75, 3.05) is 5.32 Å². The Labute approximate surface area is 105 Å². The van der Waals surface area contributed by atoms with E-state index in [4.69, 9.17) is 5.73 Å². The average molecular weight is 232 g/mol. The van der Waals surface area contributed by atoms with E-state index in [9.17, 15) is 0 Å². The Morgan fingerprint density at radius 2 is 1.53 bits per heavy atom. The Bertz CT molecular complexity index is 367. The molecule has 94 valence electrons. The van der Waals surface area contributed by atoms with Gasteiger partial charge in [0.05, 0.1) is 0 Å². The lowest BCUT2D eigenvalue weighted by molar-refractivity contribution is 0.411. The van der Waals surface area contributed by atoms with Crippen molar-refractivity contribution in [1.29, 1.82) is 0 Å². The van der Waals surface area contributed by atoms with Crippen LogP contribution in [0, 0.1) is 20.8 Å². The van der Waals surface area contributed by atoms with Crippen molar-refractivity contribution in [2.24, 2.45) is 5.73 Å². The van der Waals surface area contributed by atoms with Gasteiger partial charge in [-0.2, -0.15) is 0 Å². The van der Waals surface area contributed by atoms with Crippen LogP contribution in [0.15, 0.2) is 12.1 Å².